The van der Waals surface area contributed by atoms with Gasteiger partial charge in [0.2, 0.25) is 0 Å². The van der Waals surface area contributed by atoms with E-state index in [0.717, 1.165) is 28.6 Å². The Hall–Kier alpha value is -1.98. The molecule has 1 aromatic carbocycles. The number of imide groups is 1. The van der Waals surface area contributed by atoms with Crippen LogP contribution in [0.1, 0.15) is 11.1 Å². The fourth-order valence-corrected chi connectivity index (χ4v) is 2.89. The molecule has 0 aromatic heterocycles. The standard InChI is InChI=1S/C19H29N3O2/c1-21(2,3)14-16-6-8-17(9-7-16)15-22(4,5)13-12-20-18(23)10-11-19(20)24/h6-11H,12-15H2,1-5H3/q+2. The van der Waals surface area contributed by atoms with E-state index in [1.165, 1.54) is 28.2 Å². The Morgan fingerprint density at radius 1 is 0.792 bits per heavy atom. The average molecular weight is 331 g/mol. The normalized spacial score (nSPS) is 15.5. The molecule has 0 fully saturated rings. The molecule has 130 valence electrons. The first-order valence-electron chi connectivity index (χ1n) is 8.30. The Kier molecular flexibility index (Phi) is 5.26. The van der Waals surface area contributed by atoms with Crippen LogP contribution in [0, 0.1) is 0 Å². The minimum absolute atomic E-state index is 0.204. The second-order valence-corrected chi connectivity index (χ2v) is 8.24. The van der Waals surface area contributed by atoms with E-state index in [0.29, 0.717) is 6.54 Å². The van der Waals surface area contributed by atoms with Crippen molar-refractivity contribution in [3.05, 3.63) is 47.5 Å². The number of rotatable bonds is 7. The summed E-state index contributed by atoms with van der Waals surface area (Å²) in [6.45, 7) is 3.07. The van der Waals surface area contributed by atoms with Gasteiger partial charge in [-0.1, -0.05) is 24.3 Å². The van der Waals surface area contributed by atoms with Crippen molar-refractivity contribution < 1.29 is 18.6 Å². The van der Waals surface area contributed by atoms with Gasteiger partial charge in [-0.3, -0.25) is 14.5 Å². The summed E-state index contributed by atoms with van der Waals surface area (Å²) in [5, 5.41) is 0. The first-order valence-corrected chi connectivity index (χ1v) is 8.30. The number of hydrogen-bond donors (Lipinski definition) is 0. The molecule has 0 spiro atoms. The third-order valence-corrected chi connectivity index (χ3v) is 4.12. The van der Waals surface area contributed by atoms with Crippen LogP contribution in [0.3, 0.4) is 0 Å². The van der Waals surface area contributed by atoms with Gasteiger partial charge in [0, 0.05) is 23.3 Å². The molecule has 0 radical (unpaired) electrons. The molecule has 0 saturated carbocycles. The molecular formula is C19H29N3O2+2. The molecule has 1 aromatic rings. The lowest BCUT2D eigenvalue weighted by molar-refractivity contribution is -0.902. The van der Waals surface area contributed by atoms with Crippen LogP contribution in [0.2, 0.25) is 0 Å². The van der Waals surface area contributed by atoms with Gasteiger partial charge in [0.05, 0.1) is 48.3 Å². The first kappa shape index (κ1) is 18.4. The number of amides is 2. The zero-order valence-corrected chi connectivity index (χ0v) is 15.5. The summed E-state index contributed by atoms with van der Waals surface area (Å²) < 4.78 is 1.64. The van der Waals surface area contributed by atoms with Gasteiger partial charge in [-0.05, 0) is 0 Å². The van der Waals surface area contributed by atoms with Crippen LogP contribution in [-0.2, 0) is 22.7 Å². The maximum Gasteiger partial charge on any atom is 0.253 e. The van der Waals surface area contributed by atoms with Crippen LogP contribution in [0.5, 0.6) is 0 Å². The Balaban J connectivity index is 1.91. The molecule has 0 saturated heterocycles. The zero-order chi connectivity index (χ0) is 18.0. The highest BCUT2D eigenvalue weighted by molar-refractivity contribution is 6.12. The van der Waals surface area contributed by atoms with E-state index < -0.39 is 0 Å². The summed E-state index contributed by atoms with van der Waals surface area (Å²) in [5.74, 6) is -0.408. The number of hydrogen-bond acceptors (Lipinski definition) is 2. The molecule has 0 bridgehead atoms. The van der Waals surface area contributed by atoms with E-state index in [2.05, 4.69) is 59.5 Å². The van der Waals surface area contributed by atoms with Crippen LogP contribution in [-0.4, -0.2) is 74.0 Å². The predicted octanol–water partition coefficient (Wildman–Crippen LogP) is 1.39. The summed E-state index contributed by atoms with van der Waals surface area (Å²) in [6.07, 6.45) is 2.68. The van der Waals surface area contributed by atoms with Gasteiger partial charge in [0.25, 0.3) is 11.8 Å². The Morgan fingerprint density at radius 2 is 1.25 bits per heavy atom. The number of carbonyl (C=O) groups excluding carboxylic acids is 2. The summed E-state index contributed by atoms with van der Waals surface area (Å²) in [6, 6.07) is 8.74. The van der Waals surface area contributed by atoms with E-state index >= 15 is 0 Å². The zero-order valence-electron chi connectivity index (χ0n) is 15.5. The fraction of sp³-hybridized carbons (Fsp3) is 0.474. The van der Waals surface area contributed by atoms with Gasteiger partial charge >= 0.3 is 0 Å². The maximum absolute atomic E-state index is 11.6. The smallest absolute Gasteiger partial charge is 0.253 e. The van der Waals surface area contributed by atoms with Crippen LogP contribution < -0.4 is 0 Å². The fourth-order valence-electron chi connectivity index (χ4n) is 2.89. The molecule has 0 N–H and O–H groups in total. The average Bonchev–Trinajstić information content (AvgIpc) is 2.76. The van der Waals surface area contributed by atoms with E-state index in [9.17, 15) is 9.59 Å². The van der Waals surface area contributed by atoms with E-state index in [-0.39, 0.29) is 11.8 Å². The molecule has 0 aliphatic carbocycles. The van der Waals surface area contributed by atoms with E-state index in [1.54, 1.807) is 0 Å². The molecule has 5 heteroatoms. The SMILES string of the molecule is C[N+](C)(C)Cc1ccc(C[N+](C)(C)CCN2C(=O)C=CC2=O)cc1. The largest absolute Gasteiger partial charge is 0.327 e. The highest BCUT2D eigenvalue weighted by Crippen LogP contribution is 2.14. The minimum Gasteiger partial charge on any atom is -0.327 e. The van der Waals surface area contributed by atoms with Crippen molar-refractivity contribution in [1.82, 2.24) is 4.90 Å². The van der Waals surface area contributed by atoms with Crippen molar-refractivity contribution >= 4 is 11.8 Å². The Labute approximate surface area is 145 Å². The van der Waals surface area contributed by atoms with Gasteiger partial charge in [0.1, 0.15) is 13.1 Å². The number of nitrogens with zero attached hydrogens (tertiary/aromatic N) is 3. The lowest BCUT2D eigenvalue weighted by Gasteiger charge is -2.31. The van der Waals surface area contributed by atoms with Gasteiger partial charge < -0.3 is 8.97 Å². The number of quaternary nitrogens is 2. The Bertz CT molecular complexity index is 622. The van der Waals surface area contributed by atoms with E-state index in [4.69, 9.17) is 0 Å². The van der Waals surface area contributed by atoms with Crippen molar-refractivity contribution in [2.45, 2.75) is 13.1 Å². The minimum atomic E-state index is -0.204. The Morgan fingerprint density at radius 3 is 1.71 bits per heavy atom. The quantitative estimate of drug-likeness (QED) is 0.559. The van der Waals surface area contributed by atoms with Gasteiger partial charge in [-0.2, -0.15) is 0 Å². The summed E-state index contributed by atoms with van der Waals surface area (Å²) >= 11 is 0. The predicted molar refractivity (Wildman–Crippen MR) is 94.7 cm³/mol. The molecule has 0 atom stereocenters. The molecule has 2 rings (SSSR count). The van der Waals surface area contributed by atoms with Crippen LogP contribution >= 0.6 is 0 Å². The van der Waals surface area contributed by atoms with Crippen molar-refractivity contribution in [3.63, 3.8) is 0 Å². The topological polar surface area (TPSA) is 37.4 Å². The third-order valence-electron chi connectivity index (χ3n) is 4.12. The summed E-state index contributed by atoms with van der Waals surface area (Å²) in [4.78, 5) is 24.6. The second kappa shape index (κ2) is 6.87. The number of benzene rings is 1. The molecular weight excluding hydrogens is 302 g/mol. The van der Waals surface area contributed by atoms with Crippen molar-refractivity contribution in [3.8, 4) is 0 Å². The van der Waals surface area contributed by atoms with Crippen molar-refractivity contribution in [1.29, 1.82) is 0 Å². The lowest BCUT2D eigenvalue weighted by atomic mass is 10.1. The third kappa shape index (κ3) is 5.28. The first-order chi connectivity index (χ1) is 11.1. The van der Waals surface area contributed by atoms with E-state index in [1.807, 2.05) is 0 Å². The van der Waals surface area contributed by atoms with Crippen molar-refractivity contribution in [2.75, 3.05) is 48.3 Å². The summed E-state index contributed by atoms with van der Waals surface area (Å²) in [7, 11) is 10.8. The maximum atomic E-state index is 11.6. The highest BCUT2D eigenvalue weighted by atomic mass is 16.2. The molecule has 24 heavy (non-hydrogen) atoms. The molecule has 1 aliphatic rings. The second-order valence-electron chi connectivity index (χ2n) is 8.24. The molecule has 0 unspecified atom stereocenters. The number of likely N-dealkylation sites (N-methyl/N-ethyl adjacent to an activating group) is 1. The van der Waals surface area contributed by atoms with Gasteiger partial charge in [-0.15, -0.1) is 0 Å². The molecule has 2 amide bonds. The van der Waals surface area contributed by atoms with Crippen LogP contribution in [0.15, 0.2) is 36.4 Å². The summed E-state index contributed by atoms with van der Waals surface area (Å²) in [5.41, 5.74) is 2.60. The monoisotopic (exact) mass is 331 g/mol. The van der Waals surface area contributed by atoms with Crippen molar-refractivity contribution in [2.24, 2.45) is 0 Å². The van der Waals surface area contributed by atoms with Gasteiger partial charge in [0.15, 0.2) is 0 Å². The molecule has 1 heterocycles. The number of carbonyl (C=O) groups is 2. The van der Waals surface area contributed by atoms with Crippen LogP contribution in [0.25, 0.3) is 0 Å². The molecule has 1 aliphatic heterocycles. The molecule has 5 nitrogen and oxygen atoms in total. The lowest BCUT2D eigenvalue weighted by Crippen LogP contribution is -2.46. The highest BCUT2D eigenvalue weighted by Gasteiger charge is 2.26. The van der Waals surface area contributed by atoms with Gasteiger partial charge in [-0.25, -0.2) is 0 Å². The van der Waals surface area contributed by atoms with Crippen LogP contribution in [0.4, 0.5) is 0 Å².